The predicted octanol–water partition coefficient (Wildman–Crippen LogP) is 0.831. The maximum Gasteiger partial charge on any atom is 0.227 e. The molecule has 0 bridgehead atoms. The third-order valence-corrected chi connectivity index (χ3v) is 4.17. The number of nitrogen functional groups attached to an aromatic ring is 1. The summed E-state index contributed by atoms with van der Waals surface area (Å²) in [5.74, 6) is 0. The van der Waals surface area contributed by atoms with Crippen LogP contribution in [-0.4, -0.2) is 23.6 Å². The highest BCUT2D eigenvalue weighted by molar-refractivity contribution is 7.92. The molecule has 0 amide bonds. The van der Waals surface area contributed by atoms with Crippen LogP contribution in [-0.2, 0) is 9.84 Å². The Morgan fingerprint density at radius 2 is 2.24 bits per heavy atom. The Kier molecular flexibility index (Phi) is 2.52. The van der Waals surface area contributed by atoms with Crippen molar-refractivity contribution in [3.05, 3.63) is 18.2 Å². The highest BCUT2D eigenvalue weighted by Gasteiger charge is 2.26. The first-order valence-corrected chi connectivity index (χ1v) is 6.38. The summed E-state index contributed by atoms with van der Waals surface area (Å²) >= 11 is 0. The van der Waals surface area contributed by atoms with Crippen LogP contribution in [0.4, 0.5) is 5.69 Å². The first kappa shape index (κ1) is 11.4. The predicted molar refractivity (Wildman–Crippen MR) is 62.8 cm³/mol. The molecule has 1 atom stereocenters. The molecule has 7 heteroatoms. The molecule has 1 aromatic carbocycles. The van der Waals surface area contributed by atoms with Gasteiger partial charge in [-0.2, -0.15) is 5.26 Å². The highest BCUT2D eigenvalue weighted by Crippen LogP contribution is 2.19. The number of nitrogens with one attached hydrogen (secondary N) is 1. The lowest BCUT2D eigenvalue weighted by Crippen LogP contribution is -2.17. The van der Waals surface area contributed by atoms with Gasteiger partial charge in [-0.15, -0.1) is 0 Å². The Bertz CT molecular complexity index is 711. The van der Waals surface area contributed by atoms with Gasteiger partial charge in [0.05, 0.1) is 17.1 Å². The molecule has 17 heavy (non-hydrogen) atoms. The standard InChI is InChI=1S/C10H10N4O2S/c1-6(5-11)17(15,16)10-13-8-3-2-7(12)4-9(8)14-10/h2-4,6H,12H2,1H3,(H,13,14). The quantitative estimate of drug-likeness (QED) is 0.766. The average Bonchev–Trinajstić information content (AvgIpc) is 2.71. The summed E-state index contributed by atoms with van der Waals surface area (Å²) in [5, 5.41) is 7.32. The van der Waals surface area contributed by atoms with Crippen molar-refractivity contribution in [2.24, 2.45) is 0 Å². The van der Waals surface area contributed by atoms with Gasteiger partial charge in [0.25, 0.3) is 0 Å². The van der Waals surface area contributed by atoms with E-state index in [2.05, 4.69) is 9.97 Å². The van der Waals surface area contributed by atoms with Gasteiger partial charge in [-0.1, -0.05) is 0 Å². The third-order valence-electron chi connectivity index (χ3n) is 2.40. The molecule has 2 rings (SSSR count). The van der Waals surface area contributed by atoms with Crippen molar-refractivity contribution >= 4 is 26.6 Å². The van der Waals surface area contributed by atoms with Gasteiger partial charge < -0.3 is 10.7 Å². The van der Waals surface area contributed by atoms with Crippen molar-refractivity contribution in [1.82, 2.24) is 9.97 Å². The lowest BCUT2D eigenvalue weighted by Gasteiger charge is -2.00. The number of hydrogen-bond acceptors (Lipinski definition) is 5. The van der Waals surface area contributed by atoms with E-state index in [-0.39, 0.29) is 5.16 Å². The maximum atomic E-state index is 11.9. The number of aromatic nitrogens is 2. The number of imidazole rings is 1. The second-order valence-electron chi connectivity index (χ2n) is 3.63. The molecule has 1 unspecified atom stereocenters. The van der Waals surface area contributed by atoms with E-state index in [0.717, 1.165) is 0 Å². The van der Waals surface area contributed by atoms with Crippen LogP contribution in [0.2, 0.25) is 0 Å². The molecular formula is C10H10N4O2S. The van der Waals surface area contributed by atoms with E-state index in [1.54, 1.807) is 24.3 Å². The fourth-order valence-electron chi connectivity index (χ4n) is 1.38. The SMILES string of the molecule is CC(C#N)S(=O)(=O)c1nc2ccc(N)cc2[nH]1. The zero-order valence-corrected chi connectivity index (χ0v) is 9.82. The van der Waals surface area contributed by atoms with Crippen molar-refractivity contribution < 1.29 is 8.42 Å². The minimum atomic E-state index is -3.73. The van der Waals surface area contributed by atoms with Gasteiger partial charge in [0, 0.05) is 5.69 Å². The topological polar surface area (TPSA) is 113 Å². The van der Waals surface area contributed by atoms with Crippen molar-refractivity contribution in [1.29, 1.82) is 5.26 Å². The Labute approximate surface area is 98.0 Å². The van der Waals surface area contributed by atoms with Crippen LogP contribution in [0.3, 0.4) is 0 Å². The summed E-state index contributed by atoms with van der Waals surface area (Å²) in [4.78, 5) is 6.61. The summed E-state index contributed by atoms with van der Waals surface area (Å²) in [6.45, 7) is 1.32. The number of aromatic amines is 1. The Morgan fingerprint density at radius 3 is 2.88 bits per heavy atom. The van der Waals surface area contributed by atoms with Gasteiger partial charge >= 0.3 is 0 Å². The second-order valence-corrected chi connectivity index (χ2v) is 5.82. The van der Waals surface area contributed by atoms with Crippen LogP contribution in [0.15, 0.2) is 23.4 Å². The van der Waals surface area contributed by atoms with Crippen molar-refractivity contribution in [2.75, 3.05) is 5.73 Å². The summed E-state index contributed by atoms with van der Waals surface area (Å²) in [5.41, 5.74) is 7.13. The summed E-state index contributed by atoms with van der Waals surface area (Å²) in [6.07, 6.45) is 0. The van der Waals surface area contributed by atoms with E-state index in [9.17, 15) is 8.42 Å². The Balaban J connectivity index is 2.62. The fourth-order valence-corrected chi connectivity index (χ4v) is 2.33. The largest absolute Gasteiger partial charge is 0.399 e. The molecule has 88 valence electrons. The molecule has 0 fully saturated rings. The van der Waals surface area contributed by atoms with Crippen molar-refractivity contribution in [3.63, 3.8) is 0 Å². The number of anilines is 1. The fraction of sp³-hybridized carbons (Fsp3) is 0.200. The number of fused-ring (bicyclic) bond motifs is 1. The monoisotopic (exact) mass is 250 g/mol. The molecule has 0 saturated carbocycles. The molecule has 3 N–H and O–H groups in total. The van der Waals surface area contributed by atoms with E-state index >= 15 is 0 Å². The van der Waals surface area contributed by atoms with Crippen LogP contribution in [0.5, 0.6) is 0 Å². The van der Waals surface area contributed by atoms with E-state index < -0.39 is 15.1 Å². The Hall–Kier alpha value is -2.07. The number of H-pyrrole nitrogens is 1. The molecule has 0 spiro atoms. The first-order chi connectivity index (χ1) is 7.95. The molecule has 1 heterocycles. The minimum Gasteiger partial charge on any atom is -0.399 e. The first-order valence-electron chi connectivity index (χ1n) is 4.84. The van der Waals surface area contributed by atoms with Crippen LogP contribution >= 0.6 is 0 Å². The van der Waals surface area contributed by atoms with Gasteiger partial charge in [-0.25, -0.2) is 13.4 Å². The van der Waals surface area contributed by atoms with Crippen molar-refractivity contribution in [3.8, 4) is 6.07 Å². The number of benzene rings is 1. The zero-order chi connectivity index (χ0) is 12.6. The summed E-state index contributed by atoms with van der Waals surface area (Å²) in [6, 6.07) is 6.54. The van der Waals surface area contributed by atoms with E-state index in [4.69, 9.17) is 11.0 Å². The second kappa shape index (κ2) is 3.75. The maximum absolute atomic E-state index is 11.9. The minimum absolute atomic E-state index is 0.202. The van der Waals surface area contributed by atoms with Crippen LogP contribution in [0.1, 0.15) is 6.92 Å². The smallest absolute Gasteiger partial charge is 0.227 e. The molecule has 0 radical (unpaired) electrons. The summed E-state index contributed by atoms with van der Waals surface area (Å²) in [7, 11) is -3.73. The highest BCUT2D eigenvalue weighted by atomic mass is 32.2. The van der Waals surface area contributed by atoms with E-state index in [0.29, 0.717) is 16.7 Å². The molecule has 2 aromatic rings. The molecular weight excluding hydrogens is 240 g/mol. The summed E-state index contributed by atoms with van der Waals surface area (Å²) < 4.78 is 23.7. The van der Waals surface area contributed by atoms with E-state index in [1.165, 1.54) is 6.92 Å². The molecule has 0 saturated heterocycles. The lowest BCUT2D eigenvalue weighted by molar-refractivity contribution is 0.585. The normalized spacial score (nSPS) is 13.4. The number of nitrogens with two attached hydrogens (primary N) is 1. The van der Waals surface area contributed by atoms with Crippen LogP contribution < -0.4 is 5.73 Å². The number of nitriles is 1. The van der Waals surface area contributed by atoms with Crippen molar-refractivity contribution in [2.45, 2.75) is 17.3 Å². The number of rotatable bonds is 2. The van der Waals surface area contributed by atoms with Crippen LogP contribution in [0, 0.1) is 11.3 Å². The van der Waals surface area contributed by atoms with Gasteiger partial charge in [-0.05, 0) is 25.1 Å². The lowest BCUT2D eigenvalue weighted by atomic mass is 10.3. The van der Waals surface area contributed by atoms with Gasteiger partial charge in [-0.3, -0.25) is 0 Å². The third kappa shape index (κ3) is 1.83. The van der Waals surface area contributed by atoms with Crippen LogP contribution in [0.25, 0.3) is 11.0 Å². The molecule has 0 aliphatic rings. The molecule has 0 aliphatic heterocycles. The zero-order valence-electron chi connectivity index (χ0n) is 9.01. The molecule has 6 nitrogen and oxygen atoms in total. The number of sulfone groups is 1. The number of nitrogens with zero attached hydrogens (tertiary/aromatic N) is 2. The van der Waals surface area contributed by atoms with E-state index in [1.807, 2.05) is 0 Å². The van der Waals surface area contributed by atoms with Gasteiger partial charge in [0.2, 0.25) is 15.0 Å². The molecule has 1 aromatic heterocycles. The average molecular weight is 250 g/mol. The molecule has 0 aliphatic carbocycles. The van der Waals surface area contributed by atoms with Gasteiger partial charge in [0.1, 0.15) is 0 Å². The van der Waals surface area contributed by atoms with Gasteiger partial charge in [0.15, 0.2) is 5.25 Å². The Morgan fingerprint density at radius 1 is 1.53 bits per heavy atom. The number of hydrogen-bond donors (Lipinski definition) is 2.